The van der Waals surface area contributed by atoms with Crippen LogP contribution < -0.4 is 0 Å². The summed E-state index contributed by atoms with van der Waals surface area (Å²) in [6.45, 7) is 0. The summed E-state index contributed by atoms with van der Waals surface area (Å²) in [6, 6.07) is 53.1. The van der Waals surface area contributed by atoms with Crippen LogP contribution in [0.1, 0.15) is 0 Å². The Morgan fingerprint density at radius 2 is 0.800 bits per heavy atom. The van der Waals surface area contributed by atoms with E-state index in [9.17, 15) is 0 Å². The Labute approximate surface area is 233 Å². The van der Waals surface area contributed by atoms with E-state index >= 15 is 0 Å². The first-order valence-corrected chi connectivity index (χ1v) is 13.8. The Bertz CT molecular complexity index is 2160. The first-order chi connectivity index (χ1) is 19.8. The van der Waals surface area contributed by atoms with Crippen molar-refractivity contribution >= 4 is 43.4 Å². The van der Waals surface area contributed by atoms with Crippen molar-refractivity contribution in [1.29, 1.82) is 0 Å². The van der Waals surface area contributed by atoms with Gasteiger partial charge in [-0.3, -0.25) is 0 Å². The molecule has 0 bridgehead atoms. The predicted molar refractivity (Wildman–Crippen MR) is 172 cm³/mol. The van der Waals surface area contributed by atoms with E-state index in [1.54, 1.807) is 0 Å². The van der Waals surface area contributed by atoms with Crippen LogP contribution in [0.15, 0.2) is 146 Å². The van der Waals surface area contributed by atoms with E-state index in [1.165, 1.54) is 76.7 Å². The molecule has 0 aliphatic carbocycles. The molecule has 1 aromatic heterocycles. The monoisotopic (exact) mass is 509 g/mol. The fourth-order valence-electron chi connectivity index (χ4n) is 6.56. The van der Waals surface area contributed by atoms with Crippen molar-refractivity contribution in [1.82, 2.24) is 4.57 Å². The number of hydrogen-bond acceptors (Lipinski definition) is 0. The normalized spacial score (nSPS) is 11.6. The molecular formula is C39H27N. The van der Waals surface area contributed by atoms with Gasteiger partial charge < -0.3 is 4.57 Å². The first-order valence-electron chi connectivity index (χ1n) is 13.8. The average molecular weight is 510 g/mol. The van der Waals surface area contributed by atoms with Crippen LogP contribution in [0.25, 0.3) is 76.7 Å². The molecule has 0 saturated heterocycles. The summed E-state index contributed by atoms with van der Waals surface area (Å²) in [7, 11) is 2.15. The molecule has 0 aliphatic rings. The highest BCUT2D eigenvalue weighted by molar-refractivity contribution is 6.21. The van der Waals surface area contributed by atoms with Crippen LogP contribution in [0.5, 0.6) is 0 Å². The molecule has 1 heterocycles. The van der Waals surface area contributed by atoms with Gasteiger partial charge in [0, 0.05) is 28.9 Å². The molecule has 0 unspecified atom stereocenters. The van der Waals surface area contributed by atoms with Crippen LogP contribution in [0.2, 0.25) is 0 Å². The highest BCUT2D eigenvalue weighted by Crippen LogP contribution is 2.44. The molecule has 1 heteroatoms. The summed E-state index contributed by atoms with van der Waals surface area (Å²) in [5.74, 6) is 0. The Hall–Kier alpha value is -5.14. The summed E-state index contributed by atoms with van der Waals surface area (Å²) in [6.07, 6.45) is 0. The number of rotatable bonds is 3. The summed E-state index contributed by atoms with van der Waals surface area (Å²) in [5.41, 5.74) is 10.1. The third-order valence-corrected chi connectivity index (χ3v) is 8.39. The molecule has 0 fully saturated rings. The van der Waals surface area contributed by atoms with E-state index in [4.69, 9.17) is 0 Å². The van der Waals surface area contributed by atoms with Gasteiger partial charge in [0.1, 0.15) is 0 Å². The van der Waals surface area contributed by atoms with E-state index in [1.807, 2.05) is 0 Å². The second-order valence-electron chi connectivity index (χ2n) is 10.6. The van der Waals surface area contributed by atoms with E-state index in [0.717, 1.165) is 0 Å². The zero-order valence-corrected chi connectivity index (χ0v) is 22.3. The van der Waals surface area contributed by atoms with Gasteiger partial charge in [-0.05, 0) is 79.2 Å². The standard InChI is InChI=1S/C39H27N/c1-40-36-21-10-9-16-30(36)35-25-28(22-23-37(35)40)27-14-11-15-29(24-27)39-33-19-7-5-17-31(33)38(26-12-3-2-4-13-26)32-18-6-8-20-34(32)39/h2-25H,1H3. The van der Waals surface area contributed by atoms with Crippen LogP contribution in [-0.4, -0.2) is 4.57 Å². The van der Waals surface area contributed by atoms with Gasteiger partial charge in [-0.2, -0.15) is 0 Å². The lowest BCUT2D eigenvalue weighted by atomic mass is 9.85. The van der Waals surface area contributed by atoms with Crippen molar-refractivity contribution < 1.29 is 0 Å². The largest absolute Gasteiger partial charge is 0.344 e. The molecule has 0 radical (unpaired) electrons. The SMILES string of the molecule is Cn1c2ccccc2c2cc(-c3cccc(-c4c5ccccc5c(-c5ccccc5)c5ccccc45)c3)ccc21. The lowest BCUT2D eigenvalue weighted by Crippen LogP contribution is -1.91. The Kier molecular flexibility index (Phi) is 5.11. The quantitative estimate of drug-likeness (QED) is 0.209. The summed E-state index contributed by atoms with van der Waals surface area (Å²) in [4.78, 5) is 0. The van der Waals surface area contributed by atoms with Crippen LogP contribution in [0.3, 0.4) is 0 Å². The van der Waals surface area contributed by atoms with Gasteiger partial charge in [-0.1, -0.05) is 121 Å². The lowest BCUT2D eigenvalue weighted by molar-refractivity contribution is 1.01. The van der Waals surface area contributed by atoms with Crippen LogP contribution in [0, 0.1) is 0 Å². The fourth-order valence-corrected chi connectivity index (χ4v) is 6.56. The van der Waals surface area contributed by atoms with E-state index in [0.29, 0.717) is 0 Å². The highest BCUT2D eigenvalue weighted by Gasteiger charge is 2.17. The molecule has 0 saturated carbocycles. The summed E-state index contributed by atoms with van der Waals surface area (Å²) < 4.78 is 2.29. The van der Waals surface area contributed by atoms with Gasteiger partial charge in [0.15, 0.2) is 0 Å². The number of fused-ring (bicyclic) bond motifs is 5. The van der Waals surface area contributed by atoms with E-state index in [-0.39, 0.29) is 0 Å². The molecule has 7 aromatic carbocycles. The number of aromatic nitrogens is 1. The van der Waals surface area contributed by atoms with Gasteiger partial charge in [-0.25, -0.2) is 0 Å². The number of hydrogen-bond donors (Lipinski definition) is 0. The van der Waals surface area contributed by atoms with Crippen molar-refractivity contribution in [2.24, 2.45) is 7.05 Å². The third kappa shape index (κ3) is 3.41. The molecular weight excluding hydrogens is 482 g/mol. The fraction of sp³-hybridized carbons (Fsp3) is 0.0256. The zero-order chi connectivity index (χ0) is 26.6. The Balaban J connectivity index is 1.38. The Morgan fingerprint density at radius 1 is 0.325 bits per heavy atom. The molecule has 188 valence electrons. The average Bonchev–Trinajstić information content (AvgIpc) is 3.31. The number of para-hydroxylation sites is 1. The topological polar surface area (TPSA) is 4.93 Å². The van der Waals surface area contributed by atoms with Crippen molar-refractivity contribution in [2.75, 3.05) is 0 Å². The number of benzene rings is 7. The maximum Gasteiger partial charge on any atom is 0.0489 e. The zero-order valence-electron chi connectivity index (χ0n) is 22.3. The minimum Gasteiger partial charge on any atom is -0.344 e. The second kappa shape index (κ2) is 8.97. The van der Waals surface area contributed by atoms with Crippen molar-refractivity contribution in [3.8, 4) is 33.4 Å². The van der Waals surface area contributed by atoms with Gasteiger partial charge >= 0.3 is 0 Å². The smallest absolute Gasteiger partial charge is 0.0489 e. The minimum absolute atomic E-state index is 1.23. The molecule has 0 atom stereocenters. The lowest BCUT2D eigenvalue weighted by Gasteiger charge is -2.18. The molecule has 8 aromatic rings. The van der Waals surface area contributed by atoms with E-state index in [2.05, 4.69) is 157 Å². The van der Waals surface area contributed by atoms with Gasteiger partial charge in [0.25, 0.3) is 0 Å². The van der Waals surface area contributed by atoms with E-state index < -0.39 is 0 Å². The molecule has 8 rings (SSSR count). The molecule has 0 N–H and O–H groups in total. The van der Waals surface area contributed by atoms with Crippen LogP contribution in [0.4, 0.5) is 0 Å². The van der Waals surface area contributed by atoms with Crippen LogP contribution in [-0.2, 0) is 7.05 Å². The molecule has 0 amide bonds. The second-order valence-corrected chi connectivity index (χ2v) is 10.6. The maximum atomic E-state index is 2.36. The molecule has 40 heavy (non-hydrogen) atoms. The third-order valence-electron chi connectivity index (χ3n) is 8.39. The van der Waals surface area contributed by atoms with Crippen molar-refractivity contribution in [3.05, 3.63) is 146 Å². The van der Waals surface area contributed by atoms with Crippen LogP contribution >= 0.6 is 0 Å². The van der Waals surface area contributed by atoms with Gasteiger partial charge in [0.05, 0.1) is 0 Å². The molecule has 1 nitrogen and oxygen atoms in total. The minimum atomic E-state index is 1.23. The molecule has 0 spiro atoms. The Morgan fingerprint density at radius 3 is 1.48 bits per heavy atom. The highest BCUT2D eigenvalue weighted by atomic mass is 14.9. The van der Waals surface area contributed by atoms with Gasteiger partial charge in [0.2, 0.25) is 0 Å². The predicted octanol–water partition coefficient (Wildman–Crippen LogP) is 10.6. The van der Waals surface area contributed by atoms with Crippen molar-refractivity contribution in [2.45, 2.75) is 0 Å². The van der Waals surface area contributed by atoms with Crippen molar-refractivity contribution in [3.63, 3.8) is 0 Å². The van der Waals surface area contributed by atoms with Gasteiger partial charge in [-0.15, -0.1) is 0 Å². The molecule has 0 aliphatic heterocycles. The number of nitrogens with zero attached hydrogens (tertiary/aromatic N) is 1. The number of aryl methyl sites for hydroxylation is 1. The summed E-state index contributed by atoms with van der Waals surface area (Å²) >= 11 is 0. The summed E-state index contributed by atoms with van der Waals surface area (Å²) in [5, 5.41) is 7.72. The first kappa shape index (κ1) is 22.8. The maximum absolute atomic E-state index is 2.36.